The fourth-order valence-corrected chi connectivity index (χ4v) is 2.92. The number of nitrogens with two attached hydrogens (primary N) is 1. The van der Waals surface area contributed by atoms with Crippen molar-refractivity contribution in [3.63, 3.8) is 0 Å². The molecule has 0 radical (unpaired) electrons. The summed E-state index contributed by atoms with van der Waals surface area (Å²) in [6.07, 6.45) is -0.406. The summed E-state index contributed by atoms with van der Waals surface area (Å²) in [6.45, 7) is 0.580. The Balaban J connectivity index is 1.82. The Labute approximate surface area is 123 Å². The van der Waals surface area contributed by atoms with Crippen molar-refractivity contribution >= 4 is 6.09 Å². The molecule has 0 bridgehead atoms. The van der Waals surface area contributed by atoms with Gasteiger partial charge in [-0.2, -0.15) is 0 Å². The van der Waals surface area contributed by atoms with Crippen LogP contribution in [0.4, 0.5) is 4.79 Å². The highest BCUT2D eigenvalue weighted by molar-refractivity contribution is 5.64. The van der Waals surface area contributed by atoms with Gasteiger partial charge in [-0.1, -0.05) is 30.3 Å². The molecule has 0 saturated carbocycles. The summed E-state index contributed by atoms with van der Waals surface area (Å²) in [5.74, 6) is 0. The van der Waals surface area contributed by atoms with E-state index in [0.29, 0.717) is 13.0 Å². The molecule has 1 aromatic rings. The van der Waals surface area contributed by atoms with Crippen molar-refractivity contribution in [3.05, 3.63) is 35.9 Å². The first-order chi connectivity index (χ1) is 10.1. The molecule has 0 spiro atoms. The van der Waals surface area contributed by atoms with Crippen molar-refractivity contribution in [3.8, 4) is 0 Å². The lowest BCUT2D eigenvalue weighted by Gasteiger charge is -2.36. The molecule has 2 aliphatic heterocycles. The normalized spacial score (nSPS) is 29.5. The van der Waals surface area contributed by atoms with Crippen LogP contribution >= 0.6 is 0 Å². The number of hydrogen-bond acceptors (Lipinski definition) is 5. The van der Waals surface area contributed by atoms with Gasteiger partial charge in [0.1, 0.15) is 30.5 Å². The van der Waals surface area contributed by atoms with E-state index in [0.717, 1.165) is 5.56 Å². The molecular weight excluding hydrogens is 274 g/mol. The zero-order valence-electron chi connectivity index (χ0n) is 11.9. The minimum Gasteiger partial charge on any atom is -0.447 e. The van der Waals surface area contributed by atoms with Gasteiger partial charge in [0.05, 0.1) is 6.61 Å². The fraction of sp³-hybridized carbons (Fsp3) is 0.533. The van der Waals surface area contributed by atoms with Crippen LogP contribution in [-0.4, -0.2) is 50.3 Å². The topological polar surface area (TPSA) is 83.3 Å². The molecule has 6 heteroatoms. The molecule has 0 aromatic heterocycles. The molecule has 2 fully saturated rings. The first-order valence-corrected chi connectivity index (χ1v) is 6.93. The third-order valence-corrected chi connectivity index (χ3v) is 4.09. The van der Waals surface area contributed by atoms with E-state index in [1.807, 2.05) is 30.3 Å². The van der Waals surface area contributed by atoms with Gasteiger partial charge in [-0.15, -0.1) is 0 Å². The third-order valence-electron chi connectivity index (χ3n) is 4.09. The van der Waals surface area contributed by atoms with Crippen molar-refractivity contribution in [1.29, 1.82) is 0 Å². The minimum absolute atomic E-state index is 0.00476. The molecule has 6 nitrogen and oxygen atoms in total. The summed E-state index contributed by atoms with van der Waals surface area (Å²) in [5, 5.41) is 0. The van der Waals surface area contributed by atoms with Gasteiger partial charge < -0.3 is 24.7 Å². The predicted octanol–water partition coefficient (Wildman–Crippen LogP) is 0.876. The van der Waals surface area contributed by atoms with E-state index in [1.165, 1.54) is 0 Å². The highest BCUT2D eigenvalue weighted by Gasteiger charge is 2.60. The van der Waals surface area contributed by atoms with E-state index in [1.54, 1.807) is 7.11 Å². The van der Waals surface area contributed by atoms with Crippen LogP contribution in [0.25, 0.3) is 0 Å². The zero-order valence-corrected chi connectivity index (χ0v) is 11.9. The number of methoxy groups -OCH3 is 1. The average Bonchev–Trinajstić information content (AvgIpc) is 3.15. The third kappa shape index (κ3) is 2.88. The predicted molar refractivity (Wildman–Crippen MR) is 73.8 cm³/mol. The Kier molecular flexibility index (Phi) is 3.84. The largest absolute Gasteiger partial charge is 0.447 e. The van der Waals surface area contributed by atoms with Gasteiger partial charge in [0, 0.05) is 13.5 Å². The summed E-state index contributed by atoms with van der Waals surface area (Å²) < 4.78 is 22.1. The summed E-state index contributed by atoms with van der Waals surface area (Å²) >= 11 is 0. The van der Waals surface area contributed by atoms with Crippen LogP contribution < -0.4 is 5.73 Å². The molecule has 3 rings (SSSR count). The second-order valence-electron chi connectivity index (χ2n) is 5.43. The van der Waals surface area contributed by atoms with Crippen LogP contribution in [0, 0.1) is 0 Å². The van der Waals surface area contributed by atoms with Crippen LogP contribution in [0.3, 0.4) is 0 Å². The summed E-state index contributed by atoms with van der Waals surface area (Å²) in [7, 11) is 1.59. The Bertz CT molecular complexity index is 508. The van der Waals surface area contributed by atoms with Crippen LogP contribution in [-0.2, 0) is 25.4 Å². The molecular formula is C15H19NO5. The van der Waals surface area contributed by atoms with E-state index in [4.69, 9.17) is 24.7 Å². The standard InChI is InChI=1S/C15H19NO5/c1-18-15(9-20-14(16)17,7-10-5-3-2-4-6-10)13-12-11(21-12)8-19-13/h2-6,11-13H,7-9H2,1H3,(H2,16,17)/t11-,12+,13+,15-/m0/s1. The van der Waals surface area contributed by atoms with Gasteiger partial charge in [0.2, 0.25) is 0 Å². The van der Waals surface area contributed by atoms with Gasteiger partial charge in [-0.05, 0) is 5.56 Å². The lowest BCUT2D eigenvalue weighted by atomic mass is 9.87. The van der Waals surface area contributed by atoms with Crippen LogP contribution in [0.5, 0.6) is 0 Å². The highest BCUT2D eigenvalue weighted by Crippen LogP contribution is 2.42. The fourth-order valence-electron chi connectivity index (χ4n) is 2.92. The maximum atomic E-state index is 11.0. The van der Waals surface area contributed by atoms with E-state index in [2.05, 4.69) is 0 Å². The van der Waals surface area contributed by atoms with Crippen LogP contribution in [0.1, 0.15) is 5.56 Å². The molecule has 114 valence electrons. The lowest BCUT2D eigenvalue weighted by Crippen LogP contribution is -2.53. The van der Waals surface area contributed by atoms with Crippen molar-refractivity contribution in [2.75, 3.05) is 20.3 Å². The number of amides is 1. The molecule has 1 aromatic carbocycles. The van der Waals surface area contributed by atoms with Crippen molar-refractivity contribution in [2.45, 2.75) is 30.3 Å². The number of rotatable bonds is 6. The Morgan fingerprint density at radius 1 is 1.43 bits per heavy atom. The molecule has 2 aliphatic rings. The zero-order chi connectivity index (χ0) is 14.9. The molecule has 1 amide bonds. The monoisotopic (exact) mass is 293 g/mol. The number of carbonyl (C=O) groups excluding carboxylic acids is 1. The van der Waals surface area contributed by atoms with Crippen molar-refractivity contribution < 1.29 is 23.7 Å². The quantitative estimate of drug-likeness (QED) is 0.787. The van der Waals surface area contributed by atoms with Gasteiger partial charge in [0.15, 0.2) is 0 Å². The number of benzene rings is 1. The first-order valence-electron chi connectivity index (χ1n) is 6.93. The Morgan fingerprint density at radius 3 is 2.71 bits per heavy atom. The van der Waals surface area contributed by atoms with Crippen LogP contribution in [0.15, 0.2) is 30.3 Å². The number of carbonyl (C=O) groups is 1. The average molecular weight is 293 g/mol. The molecule has 2 saturated heterocycles. The van der Waals surface area contributed by atoms with E-state index < -0.39 is 11.7 Å². The van der Waals surface area contributed by atoms with E-state index in [-0.39, 0.29) is 24.9 Å². The highest BCUT2D eigenvalue weighted by atomic mass is 16.7. The number of primary amides is 1. The molecule has 4 atom stereocenters. The maximum Gasteiger partial charge on any atom is 0.404 e. The van der Waals surface area contributed by atoms with Gasteiger partial charge in [-0.25, -0.2) is 4.79 Å². The number of epoxide rings is 1. The Hall–Kier alpha value is -1.63. The number of ether oxygens (including phenoxy) is 4. The summed E-state index contributed by atoms with van der Waals surface area (Å²) in [4.78, 5) is 11.0. The molecule has 2 heterocycles. The van der Waals surface area contributed by atoms with Gasteiger partial charge in [0.25, 0.3) is 0 Å². The molecule has 0 unspecified atom stereocenters. The smallest absolute Gasteiger partial charge is 0.404 e. The SMILES string of the molecule is CO[C@](COC(N)=O)(Cc1ccccc1)[C@@H]1OC[C@@H]2O[C@H]21. The van der Waals surface area contributed by atoms with Crippen molar-refractivity contribution in [2.24, 2.45) is 5.73 Å². The Morgan fingerprint density at radius 2 is 2.19 bits per heavy atom. The number of hydrogen-bond donors (Lipinski definition) is 1. The van der Waals surface area contributed by atoms with Crippen LogP contribution in [0.2, 0.25) is 0 Å². The van der Waals surface area contributed by atoms with Crippen molar-refractivity contribution in [1.82, 2.24) is 0 Å². The second kappa shape index (κ2) is 5.63. The van der Waals surface area contributed by atoms with E-state index in [9.17, 15) is 4.79 Å². The molecule has 0 aliphatic carbocycles. The maximum absolute atomic E-state index is 11.0. The molecule has 2 N–H and O–H groups in total. The lowest BCUT2D eigenvalue weighted by molar-refractivity contribution is -0.153. The minimum atomic E-state index is -0.823. The van der Waals surface area contributed by atoms with Gasteiger partial charge in [-0.3, -0.25) is 0 Å². The van der Waals surface area contributed by atoms with Gasteiger partial charge >= 0.3 is 6.09 Å². The number of fused-ring (bicyclic) bond motifs is 1. The van der Waals surface area contributed by atoms with E-state index >= 15 is 0 Å². The second-order valence-corrected chi connectivity index (χ2v) is 5.43. The summed E-state index contributed by atoms with van der Waals surface area (Å²) in [6, 6.07) is 9.85. The molecule has 21 heavy (non-hydrogen) atoms. The summed E-state index contributed by atoms with van der Waals surface area (Å²) in [5.41, 5.74) is 5.37. The first kappa shape index (κ1) is 14.3.